The van der Waals surface area contributed by atoms with Crippen molar-refractivity contribution in [2.24, 2.45) is 5.92 Å². The molecule has 0 amide bonds. The monoisotopic (exact) mass is 292 g/mol. The number of aliphatic hydroxyl groups excluding tert-OH is 4. The Hall–Kier alpha value is -0.240. The molecule has 0 aromatic carbocycles. The Morgan fingerprint density at radius 2 is 1.70 bits per heavy atom. The Bertz CT molecular complexity index is 258. The van der Waals surface area contributed by atoms with Crippen LogP contribution in [0.2, 0.25) is 0 Å². The number of aliphatic hydroxyl groups is 4. The predicted octanol–water partition coefficient (Wildman–Crippen LogP) is 0.0193. The van der Waals surface area contributed by atoms with E-state index >= 15 is 0 Å². The molecule has 120 valence electrons. The van der Waals surface area contributed by atoms with Crippen LogP contribution in [0, 0.1) is 5.92 Å². The molecule has 0 aromatic rings. The van der Waals surface area contributed by atoms with Crippen LogP contribution in [0.1, 0.15) is 39.5 Å². The molecule has 5 atom stereocenters. The van der Waals surface area contributed by atoms with E-state index in [1.165, 1.54) is 6.42 Å². The van der Waals surface area contributed by atoms with E-state index in [0.29, 0.717) is 12.5 Å². The number of ether oxygens (including phenoxy) is 2. The summed E-state index contributed by atoms with van der Waals surface area (Å²) in [6.07, 6.45) is -1.71. The first-order valence-electron chi connectivity index (χ1n) is 7.39. The summed E-state index contributed by atoms with van der Waals surface area (Å²) >= 11 is 0. The van der Waals surface area contributed by atoms with Gasteiger partial charge in [-0.15, -0.1) is 0 Å². The van der Waals surface area contributed by atoms with Gasteiger partial charge in [-0.25, -0.2) is 0 Å². The fourth-order valence-corrected chi connectivity index (χ4v) is 2.24. The average Bonchev–Trinajstić information content (AvgIpc) is 2.42. The molecular weight excluding hydrogens is 264 g/mol. The number of rotatable bonds is 8. The van der Waals surface area contributed by atoms with Crippen LogP contribution >= 0.6 is 0 Å². The molecule has 20 heavy (non-hydrogen) atoms. The Kier molecular flexibility index (Phi) is 7.94. The molecule has 1 heterocycles. The molecule has 0 bridgehead atoms. The van der Waals surface area contributed by atoms with Gasteiger partial charge in [0.15, 0.2) is 6.29 Å². The molecule has 0 saturated carbocycles. The fraction of sp³-hybridized carbons (Fsp3) is 1.00. The lowest BCUT2D eigenvalue weighted by molar-refractivity contribution is -0.301. The molecule has 1 rings (SSSR count). The van der Waals surface area contributed by atoms with Gasteiger partial charge in [-0.05, 0) is 12.3 Å². The van der Waals surface area contributed by atoms with Crippen LogP contribution in [-0.4, -0.2) is 64.3 Å². The molecule has 0 aliphatic carbocycles. The molecule has 0 radical (unpaired) electrons. The summed E-state index contributed by atoms with van der Waals surface area (Å²) < 4.78 is 10.6. The normalized spacial score (nSPS) is 34.6. The molecule has 1 aliphatic heterocycles. The Balaban J connectivity index is 2.25. The van der Waals surface area contributed by atoms with Gasteiger partial charge in [-0.3, -0.25) is 0 Å². The maximum absolute atomic E-state index is 9.76. The fourth-order valence-electron chi connectivity index (χ4n) is 2.24. The van der Waals surface area contributed by atoms with Crippen LogP contribution in [0.25, 0.3) is 0 Å². The highest BCUT2D eigenvalue weighted by Crippen LogP contribution is 2.22. The zero-order valence-electron chi connectivity index (χ0n) is 12.3. The smallest absolute Gasteiger partial charge is 0.186 e. The van der Waals surface area contributed by atoms with Gasteiger partial charge in [-0.2, -0.15) is 0 Å². The quantitative estimate of drug-likeness (QED) is 0.471. The van der Waals surface area contributed by atoms with Crippen molar-refractivity contribution in [1.82, 2.24) is 0 Å². The van der Waals surface area contributed by atoms with Gasteiger partial charge in [0.05, 0.1) is 6.61 Å². The first-order valence-corrected chi connectivity index (χ1v) is 7.39. The molecular formula is C14H28O6. The van der Waals surface area contributed by atoms with Gasteiger partial charge < -0.3 is 29.9 Å². The summed E-state index contributed by atoms with van der Waals surface area (Å²) in [4.78, 5) is 0. The lowest BCUT2D eigenvalue weighted by Gasteiger charge is -2.39. The SMILES string of the molecule is CC(C)CCCCCO[C@@H]1O[C@H](CO)[C@@H](O)[C@H](O)[C@H]1O. The van der Waals surface area contributed by atoms with Crippen molar-refractivity contribution in [2.45, 2.75) is 70.2 Å². The topological polar surface area (TPSA) is 99.4 Å². The number of unbranched alkanes of at least 4 members (excludes halogenated alkanes) is 2. The van der Waals surface area contributed by atoms with Crippen molar-refractivity contribution in [3.8, 4) is 0 Å². The summed E-state index contributed by atoms with van der Waals surface area (Å²) in [5.74, 6) is 0.696. The second kappa shape index (κ2) is 8.92. The van der Waals surface area contributed by atoms with Gasteiger partial charge in [0.2, 0.25) is 0 Å². The van der Waals surface area contributed by atoms with Gasteiger partial charge in [0, 0.05) is 6.61 Å². The summed E-state index contributed by atoms with van der Waals surface area (Å²) in [6.45, 7) is 4.36. The van der Waals surface area contributed by atoms with Crippen LogP contribution < -0.4 is 0 Å². The van der Waals surface area contributed by atoms with Gasteiger partial charge >= 0.3 is 0 Å². The molecule has 6 nitrogen and oxygen atoms in total. The van der Waals surface area contributed by atoms with E-state index in [0.717, 1.165) is 19.3 Å². The van der Waals surface area contributed by atoms with Gasteiger partial charge in [0.25, 0.3) is 0 Å². The molecule has 1 saturated heterocycles. The second-order valence-corrected chi connectivity index (χ2v) is 5.81. The maximum Gasteiger partial charge on any atom is 0.186 e. The number of hydrogen-bond acceptors (Lipinski definition) is 6. The second-order valence-electron chi connectivity index (χ2n) is 5.81. The lowest BCUT2D eigenvalue weighted by Crippen LogP contribution is -2.59. The molecule has 4 N–H and O–H groups in total. The van der Waals surface area contributed by atoms with Crippen LogP contribution in [0.5, 0.6) is 0 Å². The van der Waals surface area contributed by atoms with E-state index in [9.17, 15) is 15.3 Å². The van der Waals surface area contributed by atoms with Crippen molar-refractivity contribution in [2.75, 3.05) is 13.2 Å². The molecule has 1 aliphatic rings. The Labute approximate surface area is 120 Å². The van der Waals surface area contributed by atoms with E-state index in [1.54, 1.807) is 0 Å². The van der Waals surface area contributed by atoms with Crippen molar-refractivity contribution >= 4 is 0 Å². The third-order valence-corrected chi connectivity index (χ3v) is 3.56. The van der Waals surface area contributed by atoms with Crippen molar-refractivity contribution in [3.05, 3.63) is 0 Å². The molecule has 1 fully saturated rings. The van der Waals surface area contributed by atoms with Gasteiger partial charge in [0.1, 0.15) is 24.4 Å². The summed E-state index contributed by atoms with van der Waals surface area (Å²) in [7, 11) is 0. The van der Waals surface area contributed by atoms with Crippen LogP contribution in [-0.2, 0) is 9.47 Å². The molecule has 6 heteroatoms. The molecule has 0 unspecified atom stereocenters. The molecule has 0 spiro atoms. The largest absolute Gasteiger partial charge is 0.394 e. The maximum atomic E-state index is 9.76. The van der Waals surface area contributed by atoms with Crippen molar-refractivity contribution in [1.29, 1.82) is 0 Å². The standard InChI is InChI=1S/C14H28O6/c1-9(2)6-4-3-5-7-19-14-13(18)12(17)11(16)10(8-15)20-14/h9-18H,3-8H2,1-2H3/t10-,11-,12+,13-,14-/m1/s1. The summed E-state index contributed by atoms with van der Waals surface area (Å²) in [5, 5.41) is 38.0. The highest BCUT2D eigenvalue weighted by Gasteiger charge is 2.43. The van der Waals surface area contributed by atoms with Crippen molar-refractivity contribution < 1.29 is 29.9 Å². The minimum Gasteiger partial charge on any atom is -0.394 e. The summed E-state index contributed by atoms with van der Waals surface area (Å²) in [5.41, 5.74) is 0. The summed E-state index contributed by atoms with van der Waals surface area (Å²) in [6, 6.07) is 0. The number of hydrogen-bond donors (Lipinski definition) is 4. The zero-order valence-corrected chi connectivity index (χ0v) is 12.3. The van der Waals surface area contributed by atoms with E-state index < -0.39 is 37.3 Å². The molecule has 0 aromatic heterocycles. The zero-order chi connectivity index (χ0) is 15.1. The average molecular weight is 292 g/mol. The first-order chi connectivity index (χ1) is 9.47. The lowest BCUT2D eigenvalue weighted by atomic mass is 9.99. The van der Waals surface area contributed by atoms with E-state index in [2.05, 4.69) is 13.8 Å². The van der Waals surface area contributed by atoms with E-state index in [-0.39, 0.29) is 0 Å². The van der Waals surface area contributed by atoms with Crippen LogP contribution in [0.15, 0.2) is 0 Å². The minimum atomic E-state index is -1.37. The predicted molar refractivity (Wildman–Crippen MR) is 73.0 cm³/mol. The van der Waals surface area contributed by atoms with Crippen LogP contribution in [0.3, 0.4) is 0 Å². The Morgan fingerprint density at radius 3 is 2.30 bits per heavy atom. The van der Waals surface area contributed by atoms with Gasteiger partial charge in [-0.1, -0.05) is 33.1 Å². The Morgan fingerprint density at radius 1 is 1.00 bits per heavy atom. The third-order valence-electron chi connectivity index (χ3n) is 3.56. The van der Waals surface area contributed by atoms with Crippen molar-refractivity contribution in [3.63, 3.8) is 0 Å². The first kappa shape index (κ1) is 17.8. The highest BCUT2D eigenvalue weighted by atomic mass is 16.7. The van der Waals surface area contributed by atoms with E-state index in [1.807, 2.05) is 0 Å². The van der Waals surface area contributed by atoms with Crippen LogP contribution in [0.4, 0.5) is 0 Å². The highest BCUT2D eigenvalue weighted by molar-refractivity contribution is 4.88. The third kappa shape index (κ3) is 5.27. The minimum absolute atomic E-state index is 0.417. The van der Waals surface area contributed by atoms with E-state index in [4.69, 9.17) is 14.6 Å².